The predicted octanol–water partition coefficient (Wildman–Crippen LogP) is -0.333. The van der Waals surface area contributed by atoms with Crippen molar-refractivity contribution in [1.29, 1.82) is 5.26 Å². The van der Waals surface area contributed by atoms with Crippen molar-refractivity contribution in [2.24, 2.45) is 7.05 Å². The van der Waals surface area contributed by atoms with Gasteiger partial charge < -0.3 is 5.32 Å². The SMILES string of the molecule is Cn1nc2c(cc1=O)CC(NC(=O)CC#N)CC2. The molecule has 1 aromatic heterocycles. The molecule has 0 bridgehead atoms. The van der Waals surface area contributed by atoms with Crippen LogP contribution in [0.5, 0.6) is 0 Å². The van der Waals surface area contributed by atoms with E-state index in [0.29, 0.717) is 6.42 Å². The van der Waals surface area contributed by atoms with E-state index in [0.717, 1.165) is 24.1 Å². The van der Waals surface area contributed by atoms with E-state index < -0.39 is 0 Å². The lowest BCUT2D eigenvalue weighted by Crippen LogP contribution is -2.39. The zero-order valence-electron chi connectivity index (χ0n) is 10.1. The molecule has 18 heavy (non-hydrogen) atoms. The number of nitrogens with one attached hydrogen (secondary N) is 1. The minimum atomic E-state index is -0.261. The van der Waals surface area contributed by atoms with Crippen molar-refractivity contribution >= 4 is 5.91 Å². The van der Waals surface area contributed by atoms with Crippen LogP contribution in [0, 0.1) is 11.3 Å². The van der Waals surface area contributed by atoms with Gasteiger partial charge in [-0.15, -0.1) is 0 Å². The first-order valence-electron chi connectivity index (χ1n) is 5.82. The zero-order chi connectivity index (χ0) is 13.1. The Bertz CT molecular complexity index is 570. The second-order valence-corrected chi connectivity index (χ2v) is 4.42. The molecule has 0 radical (unpaired) electrons. The number of aromatic nitrogens is 2. The highest BCUT2D eigenvalue weighted by Crippen LogP contribution is 2.17. The van der Waals surface area contributed by atoms with Gasteiger partial charge in [0.05, 0.1) is 11.8 Å². The minimum Gasteiger partial charge on any atom is -0.352 e. The monoisotopic (exact) mass is 246 g/mol. The number of hydrogen-bond acceptors (Lipinski definition) is 4. The molecular weight excluding hydrogens is 232 g/mol. The molecule has 6 nitrogen and oxygen atoms in total. The van der Waals surface area contributed by atoms with Crippen LogP contribution in [0.15, 0.2) is 10.9 Å². The van der Waals surface area contributed by atoms with Crippen molar-refractivity contribution in [3.8, 4) is 6.07 Å². The van der Waals surface area contributed by atoms with Gasteiger partial charge in [-0.05, 0) is 24.8 Å². The minimum absolute atomic E-state index is 0.00717. The summed E-state index contributed by atoms with van der Waals surface area (Å²) in [4.78, 5) is 22.8. The summed E-state index contributed by atoms with van der Waals surface area (Å²) in [5.74, 6) is -0.261. The summed E-state index contributed by atoms with van der Waals surface area (Å²) in [6, 6.07) is 3.38. The van der Waals surface area contributed by atoms with Gasteiger partial charge in [-0.1, -0.05) is 0 Å². The molecule has 1 aliphatic carbocycles. The molecule has 0 aliphatic heterocycles. The summed E-state index contributed by atoms with van der Waals surface area (Å²) in [6.45, 7) is 0. The molecular formula is C12H14N4O2. The normalized spacial score (nSPS) is 17.7. The molecule has 1 amide bonds. The van der Waals surface area contributed by atoms with Gasteiger partial charge in [-0.25, -0.2) is 4.68 Å². The highest BCUT2D eigenvalue weighted by Gasteiger charge is 2.21. The molecule has 6 heteroatoms. The van der Waals surface area contributed by atoms with Crippen molar-refractivity contribution in [2.75, 3.05) is 0 Å². The number of nitriles is 1. The summed E-state index contributed by atoms with van der Waals surface area (Å²) >= 11 is 0. The second-order valence-electron chi connectivity index (χ2n) is 4.42. The van der Waals surface area contributed by atoms with Crippen LogP contribution >= 0.6 is 0 Å². The molecule has 0 saturated heterocycles. The van der Waals surface area contributed by atoms with Gasteiger partial charge in [0.25, 0.3) is 5.56 Å². The topological polar surface area (TPSA) is 87.8 Å². The Kier molecular flexibility index (Phi) is 3.42. The van der Waals surface area contributed by atoms with Crippen molar-refractivity contribution < 1.29 is 4.79 Å². The van der Waals surface area contributed by atoms with Crippen LogP contribution in [-0.2, 0) is 24.7 Å². The fourth-order valence-electron chi connectivity index (χ4n) is 2.16. The second kappa shape index (κ2) is 5.00. The van der Waals surface area contributed by atoms with Gasteiger partial charge in [-0.2, -0.15) is 10.4 Å². The number of carbonyl (C=O) groups is 1. The molecule has 0 saturated carbocycles. The van der Waals surface area contributed by atoms with Crippen molar-refractivity contribution in [3.05, 3.63) is 27.7 Å². The van der Waals surface area contributed by atoms with Crippen LogP contribution < -0.4 is 10.9 Å². The lowest BCUT2D eigenvalue weighted by molar-refractivity contribution is -0.120. The molecule has 0 spiro atoms. The van der Waals surface area contributed by atoms with Gasteiger partial charge in [0.1, 0.15) is 6.42 Å². The van der Waals surface area contributed by atoms with E-state index in [1.165, 1.54) is 4.68 Å². The third-order valence-electron chi connectivity index (χ3n) is 3.06. The maximum atomic E-state index is 11.5. The van der Waals surface area contributed by atoms with E-state index in [9.17, 15) is 9.59 Å². The van der Waals surface area contributed by atoms with E-state index in [1.807, 2.05) is 6.07 Å². The molecule has 1 unspecified atom stereocenters. The first kappa shape index (κ1) is 12.3. The molecule has 1 atom stereocenters. The number of hydrogen-bond donors (Lipinski definition) is 1. The average molecular weight is 246 g/mol. The molecule has 94 valence electrons. The lowest BCUT2D eigenvalue weighted by atomic mass is 9.92. The van der Waals surface area contributed by atoms with Crippen LogP contribution in [0.3, 0.4) is 0 Å². The summed E-state index contributed by atoms with van der Waals surface area (Å²) < 4.78 is 1.33. The Morgan fingerprint density at radius 3 is 3.22 bits per heavy atom. The van der Waals surface area contributed by atoms with Gasteiger partial charge >= 0.3 is 0 Å². The first-order chi connectivity index (χ1) is 8.60. The van der Waals surface area contributed by atoms with Crippen LogP contribution in [0.2, 0.25) is 0 Å². The van der Waals surface area contributed by atoms with Crippen LogP contribution in [0.1, 0.15) is 24.1 Å². The maximum absolute atomic E-state index is 11.5. The predicted molar refractivity (Wildman–Crippen MR) is 63.7 cm³/mol. The fraction of sp³-hybridized carbons (Fsp3) is 0.500. The Morgan fingerprint density at radius 2 is 2.50 bits per heavy atom. The number of amides is 1. The standard InChI is InChI=1S/C12H14N4O2/c1-16-12(18)7-8-6-9(2-3-10(8)15-16)14-11(17)4-5-13/h7,9H,2-4,6H2,1H3,(H,14,17). The first-order valence-corrected chi connectivity index (χ1v) is 5.82. The van der Waals surface area contributed by atoms with Gasteiger partial charge in [0.15, 0.2) is 0 Å². The molecule has 0 aromatic carbocycles. The summed E-state index contributed by atoms with van der Waals surface area (Å²) in [6.07, 6.45) is 2.00. The van der Waals surface area contributed by atoms with Gasteiger partial charge in [0, 0.05) is 19.2 Å². The Morgan fingerprint density at radius 1 is 1.72 bits per heavy atom. The number of nitrogens with zero attached hydrogens (tertiary/aromatic N) is 3. The fourth-order valence-corrected chi connectivity index (χ4v) is 2.16. The van der Waals surface area contributed by atoms with Crippen LogP contribution in [-0.4, -0.2) is 21.7 Å². The smallest absolute Gasteiger partial charge is 0.266 e. The Labute approximate surface area is 104 Å². The average Bonchev–Trinajstić information content (AvgIpc) is 2.31. The largest absolute Gasteiger partial charge is 0.352 e. The van der Waals surface area contributed by atoms with E-state index in [1.54, 1.807) is 13.1 Å². The molecule has 1 aromatic rings. The van der Waals surface area contributed by atoms with E-state index in [4.69, 9.17) is 5.26 Å². The van der Waals surface area contributed by atoms with Gasteiger partial charge in [0.2, 0.25) is 5.91 Å². The van der Waals surface area contributed by atoms with Crippen molar-refractivity contribution in [3.63, 3.8) is 0 Å². The molecule has 1 N–H and O–H groups in total. The number of fused-ring (bicyclic) bond motifs is 1. The van der Waals surface area contributed by atoms with Crippen LogP contribution in [0.25, 0.3) is 0 Å². The highest BCUT2D eigenvalue weighted by atomic mass is 16.1. The van der Waals surface area contributed by atoms with E-state index in [-0.39, 0.29) is 23.9 Å². The maximum Gasteiger partial charge on any atom is 0.266 e. The Hall–Kier alpha value is -2.16. The van der Waals surface area contributed by atoms with E-state index in [2.05, 4.69) is 10.4 Å². The highest BCUT2D eigenvalue weighted by molar-refractivity contribution is 5.78. The number of rotatable bonds is 2. The molecule has 2 rings (SSSR count). The molecule has 1 heterocycles. The van der Waals surface area contributed by atoms with Crippen molar-refractivity contribution in [2.45, 2.75) is 31.7 Å². The zero-order valence-corrected chi connectivity index (χ0v) is 10.1. The summed E-state index contributed by atoms with van der Waals surface area (Å²) in [5.41, 5.74) is 1.67. The quantitative estimate of drug-likeness (QED) is 0.773. The third kappa shape index (κ3) is 2.56. The number of carbonyl (C=O) groups excluding carboxylic acids is 1. The van der Waals surface area contributed by atoms with Crippen LogP contribution in [0.4, 0.5) is 0 Å². The lowest BCUT2D eigenvalue weighted by Gasteiger charge is -2.24. The summed E-state index contributed by atoms with van der Waals surface area (Å²) in [5, 5.41) is 15.4. The number of aryl methyl sites for hydroxylation is 2. The van der Waals surface area contributed by atoms with E-state index >= 15 is 0 Å². The third-order valence-corrected chi connectivity index (χ3v) is 3.06. The molecule has 1 aliphatic rings. The van der Waals surface area contributed by atoms with Gasteiger partial charge in [-0.3, -0.25) is 9.59 Å². The molecule has 0 fully saturated rings. The van der Waals surface area contributed by atoms with Crippen molar-refractivity contribution in [1.82, 2.24) is 15.1 Å². The Balaban J connectivity index is 2.11. The summed E-state index contributed by atoms with van der Waals surface area (Å²) in [7, 11) is 1.63.